The van der Waals surface area contributed by atoms with Crippen LogP contribution in [-0.2, 0) is 14.3 Å². The number of benzene rings is 1. The lowest BCUT2D eigenvalue weighted by atomic mass is 9.94. The molecular formula is C23H29N3O5S. The van der Waals surface area contributed by atoms with Crippen LogP contribution in [0.25, 0.3) is 0 Å². The zero-order valence-corrected chi connectivity index (χ0v) is 19.2. The Morgan fingerprint density at radius 3 is 2.66 bits per heavy atom. The van der Waals surface area contributed by atoms with E-state index in [4.69, 9.17) is 9.47 Å². The number of para-hydroxylation sites is 1. The number of amides is 2. The highest BCUT2D eigenvalue weighted by atomic mass is 32.1. The Hall–Kier alpha value is -2.94. The standard InChI is InChI=1S/C23H29N3O5S/c1-3-30-19-12-8-7-11-18(19)21(28)25-15-20(27)31-16(2)22(29)26(23-24-13-14-32-23)17-9-5-4-6-10-17/h7-8,11-14,16-17H,3-6,9-10,15H2,1-2H3,(H,25,28). The number of carbonyl (C=O) groups excluding carboxylic acids is 3. The molecule has 1 heterocycles. The van der Waals surface area contributed by atoms with Gasteiger partial charge in [0.25, 0.3) is 11.8 Å². The van der Waals surface area contributed by atoms with Crippen LogP contribution in [0.3, 0.4) is 0 Å². The van der Waals surface area contributed by atoms with E-state index in [9.17, 15) is 14.4 Å². The molecule has 0 radical (unpaired) electrons. The van der Waals surface area contributed by atoms with E-state index in [1.807, 2.05) is 12.3 Å². The highest BCUT2D eigenvalue weighted by molar-refractivity contribution is 7.13. The van der Waals surface area contributed by atoms with Crippen LogP contribution in [0.5, 0.6) is 5.75 Å². The molecule has 1 N–H and O–H groups in total. The molecule has 0 aliphatic heterocycles. The first-order chi connectivity index (χ1) is 15.5. The maximum absolute atomic E-state index is 13.2. The summed E-state index contributed by atoms with van der Waals surface area (Å²) in [6.45, 7) is 3.45. The summed E-state index contributed by atoms with van der Waals surface area (Å²) in [7, 11) is 0. The fourth-order valence-corrected chi connectivity index (χ4v) is 4.49. The van der Waals surface area contributed by atoms with Gasteiger partial charge >= 0.3 is 5.97 Å². The average Bonchev–Trinajstić information content (AvgIpc) is 3.33. The molecule has 32 heavy (non-hydrogen) atoms. The van der Waals surface area contributed by atoms with Gasteiger partial charge in [-0.05, 0) is 38.8 Å². The zero-order valence-electron chi connectivity index (χ0n) is 18.4. The minimum absolute atomic E-state index is 0.0540. The molecule has 0 saturated heterocycles. The van der Waals surface area contributed by atoms with Gasteiger partial charge in [-0.3, -0.25) is 19.3 Å². The summed E-state index contributed by atoms with van der Waals surface area (Å²) >= 11 is 1.39. The number of aromatic nitrogens is 1. The van der Waals surface area contributed by atoms with Gasteiger partial charge in [-0.1, -0.05) is 31.4 Å². The average molecular weight is 460 g/mol. The lowest BCUT2D eigenvalue weighted by molar-refractivity contribution is -0.153. The van der Waals surface area contributed by atoms with Crippen molar-refractivity contribution < 1.29 is 23.9 Å². The van der Waals surface area contributed by atoms with Crippen LogP contribution in [-0.4, -0.2) is 48.1 Å². The van der Waals surface area contributed by atoms with Crippen molar-refractivity contribution in [2.45, 2.75) is 58.1 Å². The number of rotatable bonds is 9. The van der Waals surface area contributed by atoms with Gasteiger partial charge in [-0.15, -0.1) is 11.3 Å². The van der Waals surface area contributed by atoms with Gasteiger partial charge in [0.2, 0.25) is 0 Å². The lowest BCUT2D eigenvalue weighted by Gasteiger charge is -2.33. The molecule has 9 heteroatoms. The quantitative estimate of drug-likeness (QED) is 0.576. The minimum atomic E-state index is -0.985. The monoisotopic (exact) mass is 459 g/mol. The molecule has 1 aliphatic rings. The Morgan fingerprint density at radius 1 is 1.22 bits per heavy atom. The van der Waals surface area contributed by atoms with Crippen LogP contribution in [0, 0.1) is 0 Å². The molecule has 1 fully saturated rings. The summed E-state index contributed by atoms with van der Waals surface area (Å²) < 4.78 is 10.8. The second-order valence-corrected chi connectivity index (χ2v) is 8.43. The summed E-state index contributed by atoms with van der Waals surface area (Å²) in [4.78, 5) is 43.9. The highest BCUT2D eigenvalue weighted by Crippen LogP contribution is 2.29. The first kappa shape index (κ1) is 23.7. The molecule has 0 bridgehead atoms. The SMILES string of the molecule is CCOc1ccccc1C(=O)NCC(=O)OC(C)C(=O)N(c1nccs1)C1CCCCC1. The third-order valence-electron chi connectivity index (χ3n) is 5.28. The van der Waals surface area contributed by atoms with E-state index < -0.39 is 18.0 Å². The fourth-order valence-electron chi connectivity index (χ4n) is 3.77. The van der Waals surface area contributed by atoms with Crippen molar-refractivity contribution in [2.75, 3.05) is 18.1 Å². The van der Waals surface area contributed by atoms with Crippen molar-refractivity contribution >= 4 is 34.3 Å². The van der Waals surface area contributed by atoms with Crippen molar-refractivity contribution in [3.63, 3.8) is 0 Å². The van der Waals surface area contributed by atoms with E-state index in [0.29, 0.717) is 23.1 Å². The second kappa shape index (κ2) is 11.6. The Morgan fingerprint density at radius 2 is 1.97 bits per heavy atom. The molecule has 0 spiro atoms. The van der Waals surface area contributed by atoms with Gasteiger partial charge in [0.05, 0.1) is 12.2 Å². The summed E-state index contributed by atoms with van der Waals surface area (Å²) in [6.07, 6.45) is 5.76. The van der Waals surface area contributed by atoms with E-state index in [1.54, 1.807) is 42.3 Å². The molecular weight excluding hydrogens is 430 g/mol. The van der Waals surface area contributed by atoms with Gasteiger partial charge in [-0.2, -0.15) is 0 Å². The smallest absolute Gasteiger partial charge is 0.326 e. The minimum Gasteiger partial charge on any atom is -0.493 e. The number of nitrogens with zero attached hydrogens (tertiary/aromatic N) is 2. The summed E-state index contributed by atoms with van der Waals surface area (Å²) in [5.74, 6) is -0.989. The summed E-state index contributed by atoms with van der Waals surface area (Å²) in [5, 5.41) is 4.97. The Labute approximate surface area is 191 Å². The summed E-state index contributed by atoms with van der Waals surface area (Å²) in [6, 6.07) is 6.85. The van der Waals surface area contributed by atoms with Crippen molar-refractivity contribution in [3.8, 4) is 5.75 Å². The van der Waals surface area contributed by atoms with Gasteiger partial charge in [-0.25, -0.2) is 4.98 Å². The van der Waals surface area contributed by atoms with E-state index in [1.165, 1.54) is 11.3 Å². The molecule has 172 valence electrons. The molecule has 1 aromatic heterocycles. The maximum Gasteiger partial charge on any atom is 0.326 e. The lowest BCUT2D eigenvalue weighted by Crippen LogP contribution is -2.47. The number of thiazole rings is 1. The van der Waals surface area contributed by atoms with Crippen LogP contribution < -0.4 is 15.0 Å². The van der Waals surface area contributed by atoms with E-state index >= 15 is 0 Å². The fraction of sp³-hybridized carbons (Fsp3) is 0.478. The molecule has 1 atom stereocenters. The van der Waals surface area contributed by atoms with Crippen molar-refractivity contribution in [3.05, 3.63) is 41.4 Å². The van der Waals surface area contributed by atoms with Gasteiger partial charge in [0.15, 0.2) is 11.2 Å². The predicted molar refractivity (Wildman–Crippen MR) is 122 cm³/mol. The number of ether oxygens (including phenoxy) is 2. The van der Waals surface area contributed by atoms with Crippen molar-refractivity contribution in [1.82, 2.24) is 10.3 Å². The molecule has 2 amide bonds. The molecule has 1 unspecified atom stereocenters. The van der Waals surface area contributed by atoms with Crippen LogP contribution in [0.2, 0.25) is 0 Å². The van der Waals surface area contributed by atoms with E-state index in [-0.39, 0.29) is 18.5 Å². The number of hydrogen-bond acceptors (Lipinski definition) is 7. The predicted octanol–water partition coefficient (Wildman–Crippen LogP) is 3.57. The Kier molecular flexibility index (Phi) is 8.61. The molecule has 8 nitrogen and oxygen atoms in total. The largest absolute Gasteiger partial charge is 0.493 e. The van der Waals surface area contributed by atoms with Crippen molar-refractivity contribution in [1.29, 1.82) is 0 Å². The number of hydrogen-bond donors (Lipinski definition) is 1. The van der Waals surface area contributed by atoms with E-state index in [2.05, 4.69) is 10.3 Å². The van der Waals surface area contributed by atoms with Crippen molar-refractivity contribution in [2.24, 2.45) is 0 Å². The highest BCUT2D eigenvalue weighted by Gasteiger charge is 2.33. The first-order valence-corrected chi connectivity index (χ1v) is 11.8. The van der Waals surface area contributed by atoms with Crippen LogP contribution in [0.4, 0.5) is 5.13 Å². The molecule has 1 aromatic carbocycles. The zero-order chi connectivity index (χ0) is 22.9. The van der Waals surface area contributed by atoms with Gasteiger partial charge in [0, 0.05) is 17.6 Å². The third-order valence-corrected chi connectivity index (χ3v) is 6.05. The number of carbonyl (C=O) groups is 3. The second-order valence-electron chi connectivity index (χ2n) is 7.56. The normalized spacial score (nSPS) is 14.9. The first-order valence-electron chi connectivity index (χ1n) is 10.9. The Bertz CT molecular complexity index is 912. The van der Waals surface area contributed by atoms with Gasteiger partial charge < -0.3 is 14.8 Å². The number of nitrogens with one attached hydrogen (secondary N) is 1. The molecule has 1 saturated carbocycles. The molecule has 1 aliphatic carbocycles. The maximum atomic E-state index is 13.2. The van der Waals surface area contributed by atoms with Crippen LogP contribution in [0.1, 0.15) is 56.3 Å². The molecule has 3 rings (SSSR count). The molecule has 2 aromatic rings. The number of esters is 1. The number of anilines is 1. The van der Waals surface area contributed by atoms with Crippen LogP contribution >= 0.6 is 11.3 Å². The van der Waals surface area contributed by atoms with Gasteiger partial charge in [0.1, 0.15) is 12.3 Å². The topological polar surface area (TPSA) is 97.8 Å². The van der Waals surface area contributed by atoms with E-state index in [0.717, 1.165) is 32.1 Å². The van der Waals surface area contributed by atoms with Crippen LogP contribution in [0.15, 0.2) is 35.8 Å². The third kappa shape index (κ3) is 6.06. The Balaban J connectivity index is 1.58. The summed E-state index contributed by atoms with van der Waals surface area (Å²) in [5.41, 5.74) is 0.332.